The summed E-state index contributed by atoms with van der Waals surface area (Å²) in [5, 5.41) is 11.1. The molecule has 0 bridgehead atoms. The fraction of sp³-hybridized carbons (Fsp3) is 0.154. The van der Waals surface area contributed by atoms with Crippen LogP contribution in [0.25, 0.3) is 11.1 Å². The van der Waals surface area contributed by atoms with E-state index in [2.05, 4.69) is 9.97 Å². The molecule has 0 atom stereocenters. The third-order valence-corrected chi connectivity index (χ3v) is 3.42. The number of carboxylic acids is 1. The van der Waals surface area contributed by atoms with Gasteiger partial charge < -0.3 is 18.7 Å². The zero-order valence-electron chi connectivity index (χ0n) is 10.5. The summed E-state index contributed by atoms with van der Waals surface area (Å²) in [5.41, 5.74) is 2.39. The van der Waals surface area contributed by atoms with Gasteiger partial charge in [0.15, 0.2) is 5.58 Å². The van der Waals surface area contributed by atoms with Crippen molar-refractivity contribution in [1.29, 1.82) is 0 Å². The van der Waals surface area contributed by atoms with Crippen LogP contribution in [0.4, 0.5) is 0 Å². The summed E-state index contributed by atoms with van der Waals surface area (Å²) in [6, 6.07) is 5.74. The predicted molar refractivity (Wildman–Crippen MR) is 69.1 cm³/mol. The van der Waals surface area contributed by atoms with Gasteiger partial charge in [-0.2, -0.15) is 0 Å². The van der Waals surface area contributed by atoms with Crippen LogP contribution >= 0.6 is 11.8 Å². The van der Waals surface area contributed by atoms with Gasteiger partial charge in [0.2, 0.25) is 5.89 Å². The molecule has 6 nitrogen and oxygen atoms in total. The van der Waals surface area contributed by atoms with Crippen LogP contribution in [0.1, 0.15) is 21.9 Å². The molecule has 102 valence electrons. The zero-order valence-corrected chi connectivity index (χ0v) is 11.3. The van der Waals surface area contributed by atoms with E-state index in [-0.39, 0.29) is 11.6 Å². The first-order valence-electron chi connectivity index (χ1n) is 5.77. The molecule has 0 unspecified atom stereocenters. The summed E-state index contributed by atoms with van der Waals surface area (Å²) >= 11 is 1.28. The molecular weight excluding hydrogens is 280 g/mol. The van der Waals surface area contributed by atoms with Gasteiger partial charge in [-0.3, -0.25) is 0 Å². The smallest absolute Gasteiger partial charge is 0.257 e. The summed E-state index contributed by atoms with van der Waals surface area (Å²) in [4.78, 5) is 18.7. The van der Waals surface area contributed by atoms with E-state index < -0.39 is 5.97 Å². The summed E-state index contributed by atoms with van der Waals surface area (Å²) < 4.78 is 10.6. The van der Waals surface area contributed by atoms with Crippen molar-refractivity contribution in [2.45, 2.75) is 17.9 Å². The Balaban J connectivity index is 1.74. The van der Waals surface area contributed by atoms with Gasteiger partial charge in [-0.05, 0) is 24.6 Å². The topological polar surface area (TPSA) is 92.2 Å². The van der Waals surface area contributed by atoms with E-state index >= 15 is 0 Å². The first kappa shape index (κ1) is 12.7. The average Bonchev–Trinajstić information content (AvgIpc) is 3.01. The second kappa shape index (κ2) is 5.01. The van der Waals surface area contributed by atoms with E-state index in [4.69, 9.17) is 8.83 Å². The molecule has 0 aliphatic carbocycles. The van der Waals surface area contributed by atoms with Gasteiger partial charge >= 0.3 is 0 Å². The van der Waals surface area contributed by atoms with Gasteiger partial charge in [-0.25, -0.2) is 9.97 Å². The molecule has 1 aromatic carbocycles. The molecule has 0 saturated carbocycles. The van der Waals surface area contributed by atoms with Crippen molar-refractivity contribution in [2.75, 3.05) is 0 Å². The van der Waals surface area contributed by atoms with Crippen molar-refractivity contribution >= 4 is 28.8 Å². The van der Waals surface area contributed by atoms with Crippen LogP contribution in [-0.4, -0.2) is 15.9 Å². The number of carbonyl (C=O) groups excluding carboxylic acids is 1. The fourth-order valence-corrected chi connectivity index (χ4v) is 2.36. The van der Waals surface area contributed by atoms with Gasteiger partial charge in [0, 0.05) is 0 Å². The molecule has 3 rings (SSSR count). The van der Waals surface area contributed by atoms with Crippen LogP contribution in [0, 0.1) is 6.92 Å². The van der Waals surface area contributed by atoms with Crippen molar-refractivity contribution in [3.63, 3.8) is 0 Å². The predicted octanol–water partition coefficient (Wildman–Crippen LogP) is 1.78. The third kappa shape index (κ3) is 2.53. The van der Waals surface area contributed by atoms with E-state index in [1.807, 2.05) is 25.1 Å². The number of hydrogen-bond acceptors (Lipinski definition) is 7. The van der Waals surface area contributed by atoms with Crippen molar-refractivity contribution in [1.82, 2.24) is 9.97 Å². The quantitative estimate of drug-likeness (QED) is 0.676. The number of fused-ring (bicyclic) bond motifs is 1. The Morgan fingerprint density at radius 1 is 1.40 bits per heavy atom. The maximum atomic E-state index is 10.6. The highest BCUT2D eigenvalue weighted by Gasteiger charge is 2.10. The molecule has 0 N–H and O–H groups in total. The molecule has 3 aromatic rings. The first-order valence-corrected chi connectivity index (χ1v) is 6.76. The minimum absolute atomic E-state index is 0.214. The van der Waals surface area contributed by atoms with Gasteiger partial charge in [0.1, 0.15) is 17.5 Å². The highest BCUT2D eigenvalue weighted by Crippen LogP contribution is 2.26. The maximum Gasteiger partial charge on any atom is 0.257 e. The molecule has 0 spiro atoms. The summed E-state index contributed by atoms with van der Waals surface area (Å²) in [5.74, 6) is -0.742. The first-order chi connectivity index (χ1) is 9.61. The SMILES string of the molecule is Cc1ccc2oc(SCc3nc(C(=O)[O-])co3)nc2c1. The Morgan fingerprint density at radius 2 is 2.25 bits per heavy atom. The molecule has 0 aliphatic rings. The number of aromatic carboxylic acids is 1. The minimum atomic E-state index is -1.36. The van der Waals surface area contributed by atoms with E-state index in [9.17, 15) is 9.90 Å². The number of carboxylic acid groups (broad SMARTS) is 1. The number of oxazole rings is 2. The van der Waals surface area contributed by atoms with Crippen LogP contribution < -0.4 is 5.11 Å². The van der Waals surface area contributed by atoms with Gasteiger partial charge in [0.05, 0.1) is 11.7 Å². The second-order valence-electron chi connectivity index (χ2n) is 4.15. The van der Waals surface area contributed by atoms with Crippen LogP contribution in [0.3, 0.4) is 0 Å². The fourth-order valence-electron chi connectivity index (χ4n) is 1.67. The Bertz CT molecular complexity index is 778. The average molecular weight is 289 g/mol. The molecule has 0 aliphatic heterocycles. The van der Waals surface area contributed by atoms with Crippen molar-refractivity contribution in [3.8, 4) is 0 Å². The lowest BCUT2D eigenvalue weighted by Crippen LogP contribution is -2.22. The van der Waals surface area contributed by atoms with E-state index in [1.165, 1.54) is 11.8 Å². The molecule has 0 radical (unpaired) electrons. The van der Waals surface area contributed by atoms with Crippen LogP contribution in [-0.2, 0) is 5.75 Å². The highest BCUT2D eigenvalue weighted by atomic mass is 32.2. The second-order valence-corrected chi connectivity index (χ2v) is 5.08. The third-order valence-electron chi connectivity index (χ3n) is 2.60. The summed E-state index contributed by atoms with van der Waals surface area (Å²) in [7, 11) is 0. The molecule has 7 heteroatoms. The number of aryl methyl sites for hydroxylation is 1. The Labute approximate surface area is 117 Å². The van der Waals surface area contributed by atoms with Crippen molar-refractivity contribution in [2.24, 2.45) is 0 Å². The van der Waals surface area contributed by atoms with Crippen molar-refractivity contribution in [3.05, 3.63) is 41.6 Å². The maximum absolute atomic E-state index is 10.6. The number of hydrogen-bond donors (Lipinski definition) is 0. The number of aromatic nitrogens is 2. The van der Waals surface area contributed by atoms with E-state index in [0.717, 1.165) is 17.3 Å². The molecule has 2 heterocycles. The van der Waals surface area contributed by atoms with Crippen molar-refractivity contribution < 1.29 is 18.7 Å². The zero-order chi connectivity index (χ0) is 14.1. The van der Waals surface area contributed by atoms with E-state index in [0.29, 0.717) is 16.6 Å². The molecular formula is C13H9N2O4S-. The standard InChI is InChI=1S/C13H10N2O4S/c1-7-2-3-10-8(4-7)15-13(19-10)20-6-11-14-9(5-18-11)12(16)17/h2-5H,6H2,1H3,(H,16,17)/p-1. The number of thioether (sulfide) groups is 1. The Hall–Kier alpha value is -2.28. The number of nitrogens with zero attached hydrogens (tertiary/aromatic N) is 2. The lowest BCUT2D eigenvalue weighted by atomic mass is 10.2. The largest absolute Gasteiger partial charge is 0.543 e. The Kier molecular flexibility index (Phi) is 3.19. The van der Waals surface area contributed by atoms with E-state index in [1.54, 1.807) is 0 Å². The molecule has 2 aromatic heterocycles. The van der Waals surface area contributed by atoms with Crippen LogP contribution in [0.2, 0.25) is 0 Å². The Morgan fingerprint density at radius 3 is 3.00 bits per heavy atom. The van der Waals surface area contributed by atoms with Gasteiger partial charge in [-0.15, -0.1) is 0 Å². The molecule has 0 amide bonds. The number of rotatable bonds is 4. The van der Waals surface area contributed by atoms with Gasteiger partial charge in [0.25, 0.3) is 5.22 Å². The lowest BCUT2D eigenvalue weighted by Gasteiger charge is -1.92. The molecule has 0 fully saturated rings. The lowest BCUT2D eigenvalue weighted by molar-refractivity contribution is -0.255. The summed E-state index contributed by atoms with van der Waals surface area (Å²) in [6.45, 7) is 1.98. The number of benzene rings is 1. The van der Waals surface area contributed by atoms with Crippen LogP contribution in [0.5, 0.6) is 0 Å². The highest BCUT2D eigenvalue weighted by molar-refractivity contribution is 7.98. The normalized spacial score (nSPS) is 11.1. The molecule has 20 heavy (non-hydrogen) atoms. The van der Waals surface area contributed by atoms with Gasteiger partial charge in [-0.1, -0.05) is 17.8 Å². The number of carbonyl (C=O) groups is 1. The van der Waals surface area contributed by atoms with Crippen LogP contribution in [0.15, 0.2) is 38.5 Å². The minimum Gasteiger partial charge on any atom is -0.543 e. The monoisotopic (exact) mass is 289 g/mol. The summed E-state index contributed by atoms with van der Waals surface area (Å²) in [6.07, 6.45) is 1.06. The molecule has 0 saturated heterocycles.